The van der Waals surface area contributed by atoms with Gasteiger partial charge in [0, 0.05) is 12.8 Å². The van der Waals surface area contributed by atoms with Crippen LogP contribution in [0.25, 0.3) is 0 Å². The van der Waals surface area contributed by atoms with E-state index >= 15 is 0 Å². The molecule has 0 radical (unpaired) electrons. The molecule has 0 saturated heterocycles. The molecule has 0 bridgehead atoms. The number of carboxylic acid groups (broad SMARTS) is 1. The van der Waals surface area contributed by atoms with Gasteiger partial charge < -0.3 is 33.3 Å². The molecule has 0 heterocycles. The Hall–Kier alpha value is -4.83. The van der Waals surface area contributed by atoms with Gasteiger partial charge in [-0.25, -0.2) is 0 Å². The van der Waals surface area contributed by atoms with Crippen molar-refractivity contribution in [2.75, 3.05) is 47.5 Å². The number of hydrogen-bond donors (Lipinski definition) is 0. The number of carbonyl (C=O) groups excluding carboxylic acids is 3. The fourth-order valence-electron chi connectivity index (χ4n) is 8.58. The number of quaternary nitrogens is 1. The Morgan fingerprint density at radius 1 is 0.373 bits per heavy atom. The number of rotatable bonds is 59. The standard InChI is InChI=1S/C74H121NO8/c1-6-8-10-12-14-16-18-20-22-24-26-27-28-29-30-31-32-33-34-35-36-37-38-39-40-41-42-43-44-45-47-49-51-53-55-57-59-61-63-65-72(77)83-70(69-82-74(73(78)79)80-67-66-75(3,4)5)68-81-71(76)64-62-60-58-56-54-52-50-48-46-25-23-21-19-17-15-13-11-9-7-2/h8,10,14,16,20,22,26-27,29-30,32-33,35-36,38-39,41-42,44-45,49,51,55,57,70,74H,6-7,9,11-13,15,17-19,21,23-25,28,31,34,37,40,43,46-48,50,52-54,56,58-69H2,1-5H3/b10-8-,16-14-,22-20-,27-26-,30-29-,33-32-,36-35-,39-38-,42-41-,45-44-,51-49-,57-55-. The summed E-state index contributed by atoms with van der Waals surface area (Å²) in [7, 11) is 5.90. The van der Waals surface area contributed by atoms with E-state index in [1.807, 2.05) is 21.1 Å². The van der Waals surface area contributed by atoms with Gasteiger partial charge in [-0.15, -0.1) is 0 Å². The zero-order chi connectivity index (χ0) is 60.5. The lowest BCUT2D eigenvalue weighted by atomic mass is 10.0. The van der Waals surface area contributed by atoms with Crippen LogP contribution in [0.1, 0.15) is 245 Å². The predicted molar refractivity (Wildman–Crippen MR) is 352 cm³/mol. The maximum absolute atomic E-state index is 12.9. The van der Waals surface area contributed by atoms with E-state index in [0.717, 1.165) is 109 Å². The molecule has 0 aromatic rings. The molecular formula is C74H121NO8. The second kappa shape index (κ2) is 63.2. The largest absolute Gasteiger partial charge is 0.545 e. The number of ether oxygens (including phenoxy) is 4. The number of esters is 2. The molecule has 0 amide bonds. The Balaban J connectivity index is 4.28. The molecule has 0 aromatic heterocycles. The van der Waals surface area contributed by atoms with Crippen LogP contribution in [0.5, 0.6) is 0 Å². The molecule has 0 fully saturated rings. The van der Waals surface area contributed by atoms with Gasteiger partial charge >= 0.3 is 11.9 Å². The van der Waals surface area contributed by atoms with E-state index in [9.17, 15) is 19.5 Å². The summed E-state index contributed by atoms with van der Waals surface area (Å²) in [4.78, 5) is 37.4. The van der Waals surface area contributed by atoms with Gasteiger partial charge in [0.05, 0.1) is 40.3 Å². The number of nitrogens with zero attached hydrogens (tertiary/aromatic N) is 1. The van der Waals surface area contributed by atoms with E-state index < -0.39 is 24.3 Å². The maximum Gasteiger partial charge on any atom is 0.306 e. The molecular weight excluding hydrogens is 1030 g/mol. The fourth-order valence-corrected chi connectivity index (χ4v) is 8.58. The van der Waals surface area contributed by atoms with Crippen LogP contribution in [0.2, 0.25) is 0 Å². The van der Waals surface area contributed by atoms with Gasteiger partial charge in [-0.1, -0.05) is 275 Å². The van der Waals surface area contributed by atoms with Crippen LogP contribution >= 0.6 is 0 Å². The van der Waals surface area contributed by atoms with Crippen molar-refractivity contribution in [3.05, 3.63) is 146 Å². The van der Waals surface area contributed by atoms with Crippen LogP contribution in [0.4, 0.5) is 0 Å². The van der Waals surface area contributed by atoms with Crippen molar-refractivity contribution in [3.63, 3.8) is 0 Å². The third-order valence-corrected chi connectivity index (χ3v) is 13.6. The quantitative estimate of drug-likeness (QED) is 0.0195. The average Bonchev–Trinajstić information content (AvgIpc) is 3.46. The van der Waals surface area contributed by atoms with Crippen LogP contribution < -0.4 is 5.11 Å². The minimum atomic E-state index is -1.64. The lowest BCUT2D eigenvalue weighted by Crippen LogP contribution is -2.44. The van der Waals surface area contributed by atoms with Crippen molar-refractivity contribution in [1.29, 1.82) is 0 Å². The zero-order valence-electron chi connectivity index (χ0n) is 53.5. The van der Waals surface area contributed by atoms with E-state index in [4.69, 9.17) is 18.9 Å². The summed E-state index contributed by atoms with van der Waals surface area (Å²) in [5.41, 5.74) is 0. The van der Waals surface area contributed by atoms with E-state index in [-0.39, 0.29) is 38.6 Å². The minimum Gasteiger partial charge on any atom is -0.545 e. The summed E-state index contributed by atoms with van der Waals surface area (Å²) in [6, 6.07) is 0. The van der Waals surface area contributed by atoms with Crippen molar-refractivity contribution in [3.8, 4) is 0 Å². The topological polar surface area (TPSA) is 111 Å². The highest BCUT2D eigenvalue weighted by molar-refractivity contribution is 5.70. The van der Waals surface area contributed by atoms with E-state index in [1.165, 1.54) is 103 Å². The van der Waals surface area contributed by atoms with E-state index in [2.05, 4.69) is 160 Å². The first-order valence-electron chi connectivity index (χ1n) is 33.0. The molecule has 470 valence electrons. The van der Waals surface area contributed by atoms with Gasteiger partial charge in [0.1, 0.15) is 13.2 Å². The molecule has 0 aliphatic carbocycles. The smallest absolute Gasteiger partial charge is 0.306 e. The molecule has 9 heteroatoms. The van der Waals surface area contributed by atoms with Gasteiger partial charge in [0.25, 0.3) is 0 Å². The van der Waals surface area contributed by atoms with E-state index in [1.54, 1.807) is 0 Å². The first-order valence-corrected chi connectivity index (χ1v) is 33.0. The summed E-state index contributed by atoms with van der Waals surface area (Å²) in [6.45, 7) is 4.58. The number of hydrogen-bond acceptors (Lipinski definition) is 8. The summed E-state index contributed by atoms with van der Waals surface area (Å²) < 4.78 is 22.7. The average molecular weight is 1150 g/mol. The third kappa shape index (κ3) is 64.6. The molecule has 0 aliphatic rings. The summed E-state index contributed by atoms with van der Waals surface area (Å²) >= 11 is 0. The highest BCUT2D eigenvalue weighted by Crippen LogP contribution is 2.16. The number of aliphatic carboxylic acids is 1. The molecule has 2 atom stereocenters. The van der Waals surface area contributed by atoms with E-state index in [0.29, 0.717) is 17.4 Å². The van der Waals surface area contributed by atoms with Crippen molar-refractivity contribution >= 4 is 17.9 Å². The van der Waals surface area contributed by atoms with Gasteiger partial charge in [0.15, 0.2) is 12.4 Å². The molecule has 9 nitrogen and oxygen atoms in total. The number of carboxylic acids is 1. The lowest BCUT2D eigenvalue weighted by molar-refractivity contribution is -0.870. The number of likely N-dealkylation sites (N-methyl/N-ethyl adjacent to an activating group) is 1. The fraction of sp³-hybridized carbons (Fsp3) is 0.635. The molecule has 0 N–H and O–H groups in total. The Morgan fingerprint density at radius 3 is 1.02 bits per heavy atom. The van der Waals surface area contributed by atoms with Crippen LogP contribution in [-0.4, -0.2) is 82.3 Å². The Morgan fingerprint density at radius 2 is 0.687 bits per heavy atom. The molecule has 83 heavy (non-hydrogen) atoms. The van der Waals surface area contributed by atoms with Crippen molar-refractivity contribution in [2.24, 2.45) is 0 Å². The Bertz CT molecular complexity index is 1870. The van der Waals surface area contributed by atoms with Gasteiger partial charge in [-0.3, -0.25) is 9.59 Å². The van der Waals surface area contributed by atoms with Crippen molar-refractivity contribution < 1.29 is 42.9 Å². The van der Waals surface area contributed by atoms with Crippen LogP contribution in [0.15, 0.2) is 146 Å². The Kier molecular flexibility index (Phi) is 59.5. The first-order chi connectivity index (χ1) is 40.6. The second-order valence-corrected chi connectivity index (χ2v) is 22.7. The predicted octanol–water partition coefficient (Wildman–Crippen LogP) is 19.0. The van der Waals surface area contributed by atoms with Crippen molar-refractivity contribution in [1.82, 2.24) is 0 Å². The molecule has 0 saturated carbocycles. The highest BCUT2D eigenvalue weighted by atomic mass is 16.7. The van der Waals surface area contributed by atoms with Gasteiger partial charge in [-0.2, -0.15) is 0 Å². The molecule has 0 aliphatic heterocycles. The van der Waals surface area contributed by atoms with Gasteiger partial charge in [-0.05, 0) is 103 Å². The third-order valence-electron chi connectivity index (χ3n) is 13.6. The van der Waals surface area contributed by atoms with Gasteiger partial charge in [0.2, 0.25) is 0 Å². The molecule has 0 rings (SSSR count). The number of unbranched alkanes of at least 4 members (excludes halogenated alkanes) is 20. The first kappa shape index (κ1) is 78.2. The monoisotopic (exact) mass is 1150 g/mol. The number of allylic oxidation sites excluding steroid dienone is 24. The SMILES string of the molecule is CC/C=C\C/C=C\C/C=C\C/C=C\C/C=C\C/C=C\C/C=C\C/C=C\C/C=C\C/C=C\C/C=C\C/C=C\CCCCC(=O)OC(COC(=O)CCCCCCCCCCCCCCCCCCCCC)COC(OCC[N+](C)(C)C)C(=O)[O-]. The zero-order valence-corrected chi connectivity index (χ0v) is 53.5. The van der Waals surface area contributed by atoms with Crippen LogP contribution in [0, 0.1) is 0 Å². The Labute approximate surface area is 509 Å². The molecule has 0 aromatic carbocycles. The van der Waals surface area contributed by atoms with Crippen molar-refractivity contribution in [2.45, 2.75) is 257 Å². The van der Waals surface area contributed by atoms with Crippen LogP contribution in [-0.2, 0) is 33.3 Å². The second-order valence-electron chi connectivity index (χ2n) is 22.7. The number of carbonyl (C=O) groups is 3. The molecule has 0 spiro atoms. The van der Waals surface area contributed by atoms with Crippen LogP contribution in [0.3, 0.4) is 0 Å². The maximum atomic E-state index is 12.9. The highest BCUT2D eigenvalue weighted by Gasteiger charge is 2.22. The molecule has 2 unspecified atom stereocenters. The minimum absolute atomic E-state index is 0.133. The summed E-state index contributed by atoms with van der Waals surface area (Å²) in [6.07, 6.45) is 89.2. The summed E-state index contributed by atoms with van der Waals surface area (Å²) in [5.74, 6) is -2.35. The summed E-state index contributed by atoms with van der Waals surface area (Å²) in [5, 5.41) is 11.8. The lowest BCUT2D eigenvalue weighted by Gasteiger charge is -2.26. The normalized spacial score (nSPS) is 13.7.